The third-order valence-electron chi connectivity index (χ3n) is 3.71. The number of nitrogens with zero attached hydrogens (tertiary/aromatic N) is 5. The molecule has 0 saturated carbocycles. The number of carbonyl (C=O) groups is 1. The number of carbonyl (C=O) groups excluding carboxylic acids is 1. The van der Waals surface area contributed by atoms with E-state index in [2.05, 4.69) is 20.2 Å². The summed E-state index contributed by atoms with van der Waals surface area (Å²) in [6.45, 7) is 7.28. The van der Waals surface area contributed by atoms with Crippen molar-refractivity contribution in [2.75, 3.05) is 26.2 Å². The molecular weight excluding hydrogens is 274 g/mol. The van der Waals surface area contributed by atoms with E-state index >= 15 is 0 Å². The summed E-state index contributed by atoms with van der Waals surface area (Å²) in [6, 6.07) is 0. The molecule has 2 aliphatic rings. The summed E-state index contributed by atoms with van der Waals surface area (Å²) in [6.07, 6.45) is 0.165. The number of oxime groups is 1. The van der Waals surface area contributed by atoms with E-state index in [1.165, 1.54) is 0 Å². The zero-order valence-corrected chi connectivity index (χ0v) is 12.3. The molecular formula is C13H19N5O3. The summed E-state index contributed by atoms with van der Waals surface area (Å²) in [4.78, 5) is 25.7. The van der Waals surface area contributed by atoms with E-state index in [0.717, 1.165) is 18.8 Å². The maximum atomic E-state index is 12.3. The van der Waals surface area contributed by atoms with Crippen molar-refractivity contribution in [2.45, 2.75) is 32.9 Å². The predicted octanol–water partition coefficient (Wildman–Crippen LogP) is 0.187. The second-order valence-electron chi connectivity index (χ2n) is 5.46. The molecule has 0 spiro atoms. The van der Waals surface area contributed by atoms with Gasteiger partial charge in [-0.3, -0.25) is 9.69 Å². The van der Waals surface area contributed by atoms with Crippen LogP contribution < -0.4 is 0 Å². The molecule has 0 aliphatic carbocycles. The van der Waals surface area contributed by atoms with Gasteiger partial charge in [0.25, 0.3) is 5.91 Å². The van der Waals surface area contributed by atoms with Gasteiger partial charge >= 0.3 is 0 Å². The maximum absolute atomic E-state index is 12.3. The molecule has 1 saturated heterocycles. The zero-order chi connectivity index (χ0) is 14.8. The molecule has 2 aliphatic heterocycles. The third-order valence-corrected chi connectivity index (χ3v) is 3.71. The highest BCUT2D eigenvalue weighted by molar-refractivity contribution is 5.91. The van der Waals surface area contributed by atoms with Crippen molar-refractivity contribution >= 4 is 11.6 Å². The predicted molar refractivity (Wildman–Crippen MR) is 73.5 cm³/mol. The highest BCUT2D eigenvalue weighted by Crippen LogP contribution is 2.15. The Morgan fingerprint density at radius 2 is 2.05 bits per heavy atom. The fourth-order valence-electron chi connectivity index (χ4n) is 2.56. The van der Waals surface area contributed by atoms with Crippen LogP contribution in [-0.2, 0) is 16.2 Å². The van der Waals surface area contributed by atoms with Crippen molar-refractivity contribution in [2.24, 2.45) is 5.16 Å². The quantitative estimate of drug-likeness (QED) is 0.791. The summed E-state index contributed by atoms with van der Waals surface area (Å²) in [5.41, 5.74) is 0.875. The van der Waals surface area contributed by atoms with Gasteiger partial charge in [-0.25, -0.2) is 0 Å². The molecule has 0 radical (unpaired) electrons. The molecule has 3 rings (SSSR count). The number of rotatable bonds is 3. The number of aryl methyl sites for hydroxylation is 1. The van der Waals surface area contributed by atoms with Crippen molar-refractivity contribution in [3.05, 3.63) is 11.7 Å². The first-order chi connectivity index (χ1) is 10.1. The van der Waals surface area contributed by atoms with Crippen molar-refractivity contribution in [1.29, 1.82) is 0 Å². The van der Waals surface area contributed by atoms with Crippen LogP contribution in [0.1, 0.15) is 25.1 Å². The molecule has 0 unspecified atom stereocenters. The van der Waals surface area contributed by atoms with Crippen LogP contribution in [0.4, 0.5) is 0 Å². The number of hydrogen-bond acceptors (Lipinski definition) is 7. The number of aromatic nitrogens is 2. The van der Waals surface area contributed by atoms with E-state index in [0.29, 0.717) is 37.8 Å². The van der Waals surface area contributed by atoms with E-state index in [1.807, 2.05) is 11.8 Å². The van der Waals surface area contributed by atoms with Crippen molar-refractivity contribution in [3.8, 4) is 0 Å². The van der Waals surface area contributed by atoms with E-state index < -0.39 is 6.10 Å². The molecule has 0 bridgehead atoms. The van der Waals surface area contributed by atoms with Crippen LogP contribution in [0.25, 0.3) is 0 Å². The lowest BCUT2D eigenvalue weighted by Gasteiger charge is -2.34. The minimum atomic E-state index is -0.434. The Hall–Kier alpha value is -1.96. The zero-order valence-electron chi connectivity index (χ0n) is 12.3. The lowest BCUT2D eigenvalue weighted by Crippen LogP contribution is -2.51. The molecule has 114 valence electrons. The van der Waals surface area contributed by atoms with Crippen LogP contribution >= 0.6 is 0 Å². The normalized spacial score (nSPS) is 23.0. The maximum Gasteiger partial charge on any atom is 0.266 e. The van der Waals surface area contributed by atoms with Crippen molar-refractivity contribution < 1.29 is 14.2 Å². The smallest absolute Gasteiger partial charge is 0.266 e. The Balaban J connectivity index is 1.47. The minimum absolute atomic E-state index is 0.0330. The first-order valence-corrected chi connectivity index (χ1v) is 7.11. The van der Waals surface area contributed by atoms with Gasteiger partial charge < -0.3 is 14.3 Å². The molecule has 8 nitrogen and oxygen atoms in total. The first kappa shape index (κ1) is 14.0. The van der Waals surface area contributed by atoms with Gasteiger partial charge in [0, 0.05) is 39.5 Å². The lowest BCUT2D eigenvalue weighted by molar-refractivity contribution is -0.143. The Bertz CT molecular complexity index is 548. The summed E-state index contributed by atoms with van der Waals surface area (Å²) < 4.78 is 4.96. The fourth-order valence-corrected chi connectivity index (χ4v) is 2.56. The Morgan fingerprint density at radius 1 is 1.29 bits per heavy atom. The van der Waals surface area contributed by atoms with Gasteiger partial charge in [-0.1, -0.05) is 10.3 Å². The first-order valence-electron chi connectivity index (χ1n) is 7.11. The monoisotopic (exact) mass is 293 g/mol. The van der Waals surface area contributed by atoms with E-state index in [1.54, 1.807) is 6.92 Å². The highest BCUT2D eigenvalue weighted by atomic mass is 16.6. The molecule has 1 aromatic rings. The summed E-state index contributed by atoms with van der Waals surface area (Å²) in [5.74, 6) is 1.30. The van der Waals surface area contributed by atoms with Gasteiger partial charge in [-0.15, -0.1) is 0 Å². The van der Waals surface area contributed by atoms with Gasteiger partial charge in [0.15, 0.2) is 5.82 Å². The van der Waals surface area contributed by atoms with E-state index in [4.69, 9.17) is 9.36 Å². The molecule has 0 N–H and O–H groups in total. The Morgan fingerprint density at radius 3 is 2.62 bits per heavy atom. The minimum Gasteiger partial charge on any atom is -0.382 e. The van der Waals surface area contributed by atoms with Crippen LogP contribution in [0.3, 0.4) is 0 Å². The third kappa shape index (κ3) is 3.21. The molecule has 1 amide bonds. The van der Waals surface area contributed by atoms with Gasteiger partial charge in [-0.05, 0) is 6.92 Å². The number of hydrogen-bond donors (Lipinski definition) is 0. The van der Waals surface area contributed by atoms with Crippen LogP contribution in [0.5, 0.6) is 0 Å². The Kier molecular flexibility index (Phi) is 3.87. The molecule has 1 aromatic heterocycles. The van der Waals surface area contributed by atoms with Crippen LogP contribution in [0.15, 0.2) is 9.68 Å². The standard InChI is InChI=1S/C13H19N5O3/c1-9-7-11(21-15-9)13(19)18-5-3-17(4-6-18)8-12-14-10(2)20-16-12/h11H,3-8H2,1-2H3/t11-/m0/s1. The topological polar surface area (TPSA) is 84.1 Å². The van der Waals surface area contributed by atoms with Crippen molar-refractivity contribution in [1.82, 2.24) is 19.9 Å². The molecule has 0 aromatic carbocycles. The SMILES string of the molecule is CC1=NO[C@H](C(=O)N2CCN(Cc3noc(C)n3)CC2)C1. The fraction of sp³-hybridized carbons (Fsp3) is 0.692. The van der Waals surface area contributed by atoms with Crippen molar-refractivity contribution in [3.63, 3.8) is 0 Å². The summed E-state index contributed by atoms with van der Waals surface area (Å²) in [7, 11) is 0. The molecule has 1 fully saturated rings. The summed E-state index contributed by atoms with van der Waals surface area (Å²) in [5, 5.41) is 7.73. The summed E-state index contributed by atoms with van der Waals surface area (Å²) >= 11 is 0. The average Bonchev–Trinajstić information content (AvgIpc) is 3.08. The van der Waals surface area contributed by atoms with Crippen LogP contribution in [0, 0.1) is 6.92 Å². The van der Waals surface area contributed by atoms with Gasteiger partial charge in [0.1, 0.15) is 0 Å². The Labute approximate surface area is 122 Å². The highest BCUT2D eigenvalue weighted by Gasteiger charge is 2.32. The second-order valence-corrected chi connectivity index (χ2v) is 5.46. The van der Waals surface area contributed by atoms with E-state index in [-0.39, 0.29) is 5.91 Å². The van der Waals surface area contributed by atoms with Crippen LogP contribution in [0.2, 0.25) is 0 Å². The van der Waals surface area contributed by atoms with Gasteiger partial charge in [0.2, 0.25) is 12.0 Å². The number of amides is 1. The van der Waals surface area contributed by atoms with Crippen LogP contribution in [-0.4, -0.2) is 63.8 Å². The molecule has 21 heavy (non-hydrogen) atoms. The largest absolute Gasteiger partial charge is 0.382 e. The molecule has 3 heterocycles. The van der Waals surface area contributed by atoms with Gasteiger partial charge in [-0.2, -0.15) is 4.98 Å². The van der Waals surface area contributed by atoms with E-state index in [9.17, 15) is 4.79 Å². The average molecular weight is 293 g/mol. The molecule has 8 heteroatoms. The number of piperazine rings is 1. The lowest BCUT2D eigenvalue weighted by atomic mass is 10.1. The second kappa shape index (κ2) is 5.80. The van der Waals surface area contributed by atoms with Gasteiger partial charge in [0.05, 0.1) is 12.3 Å². The molecule has 1 atom stereocenters.